The molecule has 2 rings (SSSR count). The maximum absolute atomic E-state index is 13.2. The van der Waals surface area contributed by atoms with Crippen LogP contribution in [0, 0.1) is 17.7 Å². The van der Waals surface area contributed by atoms with Crippen molar-refractivity contribution in [3.8, 4) is 17.6 Å². The minimum absolute atomic E-state index is 0.195. The molecule has 0 aliphatic rings. The van der Waals surface area contributed by atoms with Crippen LogP contribution in [0.5, 0.6) is 5.75 Å². The number of alkyl halides is 1. The Labute approximate surface area is 116 Å². The topological polar surface area (TPSA) is 22.1 Å². The Kier molecular flexibility index (Phi) is 4.77. The van der Waals surface area contributed by atoms with Gasteiger partial charge in [-0.3, -0.25) is 4.98 Å². The van der Waals surface area contributed by atoms with E-state index in [1.165, 1.54) is 12.1 Å². The molecule has 0 amide bonds. The van der Waals surface area contributed by atoms with E-state index < -0.39 is 0 Å². The number of hydrogen-bond acceptors (Lipinski definition) is 2. The molecule has 4 heteroatoms. The van der Waals surface area contributed by atoms with Crippen LogP contribution in [-0.4, -0.2) is 10.9 Å². The zero-order valence-corrected chi connectivity index (χ0v) is 10.8. The van der Waals surface area contributed by atoms with Crippen LogP contribution in [0.2, 0.25) is 0 Å². The molecule has 0 fully saturated rings. The highest BCUT2D eigenvalue weighted by atomic mass is 35.5. The lowest BCUT2D eigenvalue weighted by molar-refractivity contribution is 0.305. The van der Waals surface area contributed by atoms with Gasteiger partial charge in [-0.25, -0.2) is 4.39 Å². The zero-order valence-electron chi connectivity index (χ0n) is 10.1. The van der Waals surface area contributed by atoms with E-state index >= 15 is 0 Å². The normalized spacial score (nSPS) is 9.58. The van der Waals surface area contributed by atoms with Crippen molar-refractivity contribution in [2.24, 2.45) is 0 Å². The molecule has 19 heavy (non-hydrogen) atoms. The van der Waals surface area contributed by atoms with Crippen LogP contribution in [0.3, 0.4) is 0 Å². The lowest BCUT2D eigenvalue weighted by Crippen LogP contribution is -1.97. The summed E-state index contributed by atoms with van der Waals surface area (Å²) in [6.45, 7) is 0.379. The van der Waals surface area contributed by atoms with Crippen LogP contribution >= 0.6 is 11.6 Å². The molecule has 1 aromatic heterocycles. The van der Waals surface area contributed by atoms with E-state index in [9.17, 15) is 4.39 Å². The van der Waals surface area contributed by atoms with Crippen molar-refractivity contribution in [3.63, 3.8) is 0 Å². The summed E-state index contributed by atoms with van der Waals surface area (Å²) in [5.41, 5.74) is 1.48. The first-order valence-corrected chi connectivity index (χ1v) is 6.19. The number of hydrogen-bond donors (Lipinski definition) is 0. The molecular formula is C15H11ClFNO. The Morgan fingerprint density at radius 2 is 2.00 bits per heavy atom. The Balaban J connectivity index is 2.15. The number of nitrogens with zero attached hydrogens (tertiary/aromatic N) is 1. The first-order chi connectivity index (χ1) is 9.29. The number of rotatable bonds is 3. The summed E-state index contributed by atoms with van der Waals surface area (Å²) in [6, 6.07) is 7.95. The molecule has 0 atom stereocenters. The van der Waals surface area contributed by atoms with Gasteiger partial charge in [0.15, 0.2) is 0 Å². The highest BCUT2D eigenvalue weighted by molar-refractivity contribution is 6.19. The molecule has 2 aromatic rings. The van der Waals surface area contributed by atoms with Crippen LogP contribution in [0.25, 0.3) is 0 Å². The molecule has 0 aliphatic heterocycles. The second-order valence-corrected chi connectivity index (χ2v) is 3.99. The van der Waals surface area contributed by atoms with E-state index in [1.807, 2.05) is 12.1 Å². The van der Waals surface area contributed by atoms with E-state index in [1.54, 1.807) is 18.5 Å². The molecule has 96 valence electrons. The van der Waals surface area contributed by atoms with Gasteiger partial charge in [-0.2, -0.15) is 0 Å². The van der Waals surface area contributed by atoms with Gasteiger partial charge in [0.05, 0.1) is 11.4 Å². The van der Waals surface area contributed by atoms with Crippen LogP contribution in [0.1, 0.15) is 11.1 Å². The molecule has 0 spiro atoms. The van der Waals surface area contributed by atoms with Crippen molar-refractivity contribution in [3.05, 3.63) is 59.7 Å². The monoisotopic (exact) mass is 275 g/mol. The first-order valence-electron chi connectivity index (χ1n) is 5.65. The van der Waals surface area contributed by atoms with Crippen LogP contribution < -0.4 is 4.74 Å². The molecular weight excluding hydrogens is 265 g/mol. The smallest absolute Gasteiger partial charge is 0.135 e. The lowest BCUT2D eigenvalue weighted by Gasteiger charge is -2.08. The van der Waals surface area contributed by atoms with Gasteiger partial charge in [-0.1, -0.05) is 11.8 Å². The number of benzene rings is 1. The SMILES string of the molecule is Fc1ccc(OCc2ccncc2)c(C#CCCl)c1. The van der Waals surface area contributed by atoms with E-state index in [0.717, 1.165) is 5.56 Å². The average Bonchev–Trinajstić information content (AvgIpc) is 2.45. The zero-order chi connectivity index (χ0) is 13.5. The van der Waals surface area contributed by atoms with E-state index in [4.69, 9.17) is 16.3 Å². The molecule has 0 bridgehead atoms. The standard InChI is InChI=1S/C15H11ClFNO/c16-7-1-2-13-10-14(17)3-4-15(13)19-11-12-5-8-18-9-6-12/h3-6,8-10H,7,11H2. The molecule has 0 saturated carbocycles. The van der Waals surface area contributed by atoms with E-state index in [2.05, 4.69) is 16.8 Å². The second kappa shape index (κ2) is 6.77. The van der Waals surface area contributed by atoms with Crippen molar-refractivity contribution in [1.82, 2.24) is 4.98 Å². The van der Waals surface area contributed by atoms with Crippen LogP contribution in [-0.2, 0) is 6.61 Å². The Bertz CT molecular complexity index is 605. The largest absolute Gasteiger partial charge is 0.488 e. The summed E-state index contributed by atoms with van der Waals surface area (Å²) in [5, 5.41) is 0. The molecule has 0 N–H and O–H groups in total. The van der Waals surface area contributed by atoms with Gasteiger partial charge in [-0.15, -0.1) is 11.6 Å². The predicted octanol–water partition coefficient (Wildman–Crippen LogP) is 3.39. The summed E-state index contributed by atoms with van der Waals surface area (Å²) in [7, 11) is 0. The summed E-state index contributed by atoms with van der Waals surface area (Å²) >= 11 is 5.50. The van der Waals surface area contributed by atoms with Crippen LogP contribution in [0.15, 0.2) is 42.7 Å². The molecule has 1 aromatic carbocycles. The summed E-state index contributed by atoms with van der Waals surface area (Å²) in [6.07, 6.45) is 3.38. The fraction of sp³-hybridized carbons (Fsp3) is 0.133. The Morgan fingerprint density at radius 3 is 2.74 bits per heavy atom. The third kappa shape index (κ3) is 3.97. The van der Waals surface area contributed by atoms with Gasteiger partial charge < -0.3 is 4.74 Å². The number of aromatic nitrogens is 1. The van der Waals surface area contributed by atoms with Crippen molar-refractivity contribution in [2.45, 2.75) is 6.61 Å². The van der Waals surface area contributed by atoms with Crippen LogP contribution in [0.4, 0.5) is 4.39 Å². The molecule has 0 saturated heterocycles. The lowest BCUT2D eigenvalue weighted by atomic mass is 10.2. The first kappa shape index (κ1) is 13.4. The maximum Gasteiger partial charge on any atom is 0.135 e. The highest BCUT2D eigenvalue weighted by Crippen LogP contribution is 2.20. The van der Waals surface area contributed by atoms with Gasteiger partial charge >= 0.3 is 0 Å². The predicted molar refractivity (Wildman–Crippen MR) is 72.6 cm³/mol. The number of pyridine rings is 1. The third-order valence-electron chi connectivity index (χ3n) is 2.38. The third-order valence-corrected chi connectivity index (χ3v) is 2.51. The minimum Gasteiger partial charge on any atom is -0.488 e. The molecule has 1 heterocycles. The minimum atomic E-state index is -0.352. The Hall–Kier alpha value is -2.05. The van der Waals surface area contributed by atoms with Gasteiger partial charge in [0.2, 0.25) is 0 Å². The maximum atomic E-state index is 13.2. The van der Waals surface area contributed by atoms with Crippen molar-refractivity contribution in [1.29, 1.82) is 0 Å². The number of halogens is 2. The van der Waals surface area contributed by atoms with Gasteiger partial charge in [0.1, 0.15) is 18.2 Å². The van der Waals surface area contributed by atoms with Crippen molar-refractivity contribution in [2.75, 3.05) is 5.88 Å². The van der Waals surface area contributed by atoms with Gasteiger partial charge in [0.25, 0.3) is 0 Å². The molecule has 0 aliphatic carbocycles. The van der Waals surface area contributed by atoms with E-state index in [0.29, 0.717) is 17.9 Å². The summed E-state index contributed by atoms with van der Waals surface area (Å²) < 4.78 is 18.8. The fourth-order valence-electron chi connectivity index (χ4n) is 1.49. The summed E-state index contributed by atoms with van der Waals surface area (Å²) in [4.78, 5) is 3.93. The molecule has 2 nitrogen and oxygen atoms in total. The number of ether oxygens (including phenoxy) is 1. The van der Waals surface area contributed by atoms with E-state index in [-0.39, 0.29) is 11.7 Å². The van der Waals surface area contributed by atoms with Gasteiger partial charge in [-0.05, 0) is 35.9 Å². The highest BCUT2D eigenvalue weighted by Gasteiger charge is 2.03. The Morgan fingerprint density at radius 1 is 1.21 bits per heavy atom. The fourth-order valence-corrected chi connectivity index (χ4v) is 1.56. The quantitative estimate of drug-likeness (QED) is 0.633. The average molecular weight is 276 g/mol. The molecule has 0 radical (unpaired) electrons. The van der Waals surface area contributed by atoms with Crippen molar-refractivity contribution < 1.29 is 9.13 Å². The summed E-state index contributed by atoms with van der Waals surface area (Å²) in [5.74, 6) is 5.85. The second-order valence-electron chi connectivity index (χ2n) is 3.72. The molecule has 0 unspecified atom stereocenters. The van der Waals surface area contributed by atoms with Gasteiger partial charge in [0, 0.05) is 12.4 Å². The van der Waals surface area contributed by atoms with Crippen molar-refractivity contribution >= 4 is 11.6 Å².